The van der Waals surface area contributed by atoms with E-state index in [1.54, 1.807) is 6.34 Å². The summed E-state index contributed by atoms with van der Waals surface area (Å²) >= 11 is 0. The molecule has 1 rings (SSSR count). The standard InChI is InChI=1S/C12H22N4O3.B2/c13-4-2-1-3-8(12(18)19)5-10(17)11(14)9-6-15-7-16-9;1-2/h7-9,11H,1-6,13-14H2,(H,15,16)(H,18,19);/q;-1/p+2. The minimum atomic E-state index is -0.903. The predicted octanol–water partition coefficient (Wildman–Crippen LogP) is -3.09. The third kappa shape index (κ3) is 7.29. The molecule has 3 atom stereocenters. The van der Waals surface area contributed by atoms with E-state index in [1.807, 2.05) is 0 Å². The van der Waals surface area contributed by atoms with Gasteiger partial charge in [0.1, 0.15) is 6.04 Å². The molecule has 115 valence electrons. The Bertz CT molecular complexity index is 347. The van der Waals surface area contributed by atoms with Crippen molar-refractivity contribution in [2.75, 3.05) is 13.1 Å². The van der Waals surface area contributed by atoms with Crippen LogP contribution in [-0.2, 0) is 9.59 Å². The third-order valence-electron chi connectivity index (χ3n) is 3.43. The van der Waals surface area contributed by atoms with Crippen LogP contribution >= 0.6 is 0 Å². The molecule has 5 radical (unpaired) electrons. The van der Waals surface area contributed by atoms with Crippen molar-refractivity contribution < 1.29 is 26.2 Å². The number of nitrogens with one attached hydrogen (secondary N) is 1. The number of hydrogen-bond acceptors (Lipinski definition) is 4. The van der Waals surface area contributed by atoms with E-state index in [-0.39, 0.29) is 18.2 Å². The lowest BCUT2D eigenvalue weighted by Crippen LogP contribution is -2.72. The van der Waals surface area contributed by atoms with Crippen LogP contribution in [0.25, 0.3) is 0 Å². The Hall–Kier alpha value is -1.34. The second-order valence-electron chi connectivity index (χ2n) is 4.93. The molecule has 1 aliphatic heterocycles. The quantitative estimate of drug-likeness (QED) is 0.265. The van der Waals surface area contributed by atoms with E-state index in [1.165, 1.54) is 0 Å². The molecule has 0 amide bonds. The maximum absolute atomic E-state index is 12.0. The molecule has 0 aromatic carbocycles. The molecular weight excluding hydrogens is 270 g/mol. The van der Waals surface area contributed by atoms with Gasteiger partial charge in [-0.05, 0) is 19.3 Å². The van der Waals surface area contributed by atoms with Gasteiger partial charge in [-0.3, -0.25) is 14.6 Å². The van der Waals surface area contributed by atoms with Crippen LogP contribution in [0.1, 0.15) is 25.7 Å². The number of ketones is 1. The van der Waals surface area contributed by atoms with Crippen molar-refractivity contribution in [2.45, 2.75) is 37.8 Å². The highest BCUT2D eigenvalue weighted by Gasteiger charge is 2.32. The van der Waals surface area contributed by atoms with Crippen LogP contribution in [-0.4, -0.2) is 63.8 Å². The average molecular weight is 294 g/mol. The molecule has 1 heterocycles. The highest BCUT2D eigenvalue weighted by Crippen LogP contribution is 2.15. The van der Waals surface area contributed by atoms with Gasteiger partial charge in [-0.1, -0.05) is 0 Å². The SMILES string of the molecule is [B][B-].[NH3+]CCCCC(CC(=O)C([NH3+])C1CN=CN1)C(=O)O. The fraction of sp³-hybridized carbons (Fsp3) is 0.750. The largest absolute Gasteiger partial charge is 0.693 e. The van der Waals surface area contributed by atoms with Crippen molar-refractivity contribution >= 4 is 33.6 Å². The molecule has 0 saturated heterocycles. The van der Waals surface area contributed by atoms with Gasteiger partial charge in [0.25, 0.3) is 0 Å². The minimum Gasteiger partial charge on any atom is -0.693 e. The monoisotopic (exact) mass is 294 g/mol. The van der Waals surface area contributed by atoms with Gasteiger partial charge in [0.2, 0.25) is 0 Å². The number of Topliss-reactive ketones (excluding diaryl/α,β-unsaturated/α-hetero) is 1. The second-order valence-corrected chi connectivity index (χ2v) is 4.93. The van der Waals surface area contributed by atoms with Crippen LogP contribution in [0, 0.1) is 5.92 Å². The van der Waals surface area contributed by atoms with Gasteiger partial charge in [-0.15, -0.1) is 0 Å². The molecule has 8 N–H and O–H groups in total. The first-order valence-electron chi connectivity index (χ1n) is 7.01. The fourth-order valence-corrected chi connectivity index (χ4v) is 2.11. The zero-order valence-corrected chi connectivity index (χ0v) is 12.3. The Labute approximate surface area is 127 Å². The Kier molecular flexibility index (Phi) is 10.6. The molecule has 7 nitrogen and oxygen atoms in total. The first-order valence-corrected chi connectivity index (χ1v) is 7.01. The Morgan fingerprint density at radius 1 is 1.48 bits per heavy atom. The smallest absolute Gasteiger partial charge is 0.306 e. The third-order valence-corrected chi connectivity index (χ3v) is 3.43. The number of carbonyl (C=O) groups excluding carboxylic acids is 1. The summed E-state index contributed by atoms with van der Waals surface area (Å²) in [5.74, 6) is -1.61. The summed E-state index contributed by atoms with van der Waals surface area (Å²) in [6.45, 7) is 1.32. The number of quaternary nitrogens is 2. The lowest BCUT2D eigenvalue weighted by Gasteiger charge is -2.17. The maximum Gasteiger partial charge on any atom is 0.306 e. The van der Waals surface area contributed by atoms with Crippen LogP contribution in [0.5, 0.6) is 0 Å². The van der Waals surface area contributed by atoms with Crippen LogP contribution < -0.4 is 16.8 Å². The molecule has 0 aromatic heterocycles. The second kappa shape index (κ2) is 11.3. The van der Waals surface area contributed by atoms with E-state index in [9.17, 15) is 9.59 Å². The number of rotatable bonds is 9. The van der Waals surface area contributed by atoms with E-state index in [4.69, 9.17) is 5.11 Å². The Balaban J connectivity index is 0.00000191. The summed E-state index contributed by atoms with van der Waals surface area (Å²) in [5.41, 5.74) is 7.56. The molecule has 21 heavy (non-hydrogen) atoms. The molecular formula is C12H24B2N4O3+. The van der Waals surface area contributed by atoms with Gasteiger partial charge in [-0.25, -0.2) is 0 Å². The van der Waals surface area contributed by atoms with E-state index in [0.717, 1.165) is 19.4 Å². The predicted molar refractivity (Wildman–Crippen MR) is 80.8 cm³/mol. The van der Waals surface area contributed by atoms with Gasteiger partial charge >= 0.3 is 5.97 Å². The van der Waals surface area contributed by atoms with E-state index in [2.05, 4.69) is 37.3 Å². The molecule has 0 aliphatic carbocycles. The molecule has 0 bridgehead atoms. The van der Waals surface area contributed by atoms with Gasteiger partial charge in [-0.2, -0.15) is 0 Å². The molecule has 0 aromatic rings. The van der Waals surface area contributed by atoms with Crippen molar-refractivity contribution in [3.63, 3.8) is 0 Å². The molecule has 0 spiro atoms. The summed E-state index contributed by atoms with van der Waals surface area (Å²) in [5, 5.41) is 12.1. The van der Waals surface area contributed by atoms with Gasteiger partial charge in [0.15, 0.2) is 11.8 Å². The minimum absolute atomic E-state index is 0.0544. The Morgan fingerprint density at radius 2 is 2.14 bits per heavy atom. The van der Waals surface area contributed by atoms with E-state index < -0.39 is 17.9 Å². The fourth-order valence-electron chi connectivity index (χ4n) is 2.11. The maximum atomic E-state index is 12.0. The van der Waals surface area contributed by atoms with Crippen molar-refractivity contribution in [2.24, 2.45) is 10.9 Å². The van der Waals surface area contributed by atoms with Crippen LogP contribution in [0.15, 0.2) is 4.99 Å². The number of unbranched alkanes of at least 4 members (excludes halogenated alkanes) is 1. The lowest BCUT2D eigenvalue weighted by atomic mass is 9.81. The number of carboxylic acids is 1. The number of carbonyl (C=O) groups is 2. The molecule has 3 unspecified atom stereocenters. The first kappa shape index (κ1) is 19.7. The number of aliphatic carboxylic acids is 1. The Morgan fingerprint density at radius 3 is 2.62 bits per heavy atom. The molecule has 0 saturated carbocycles. The van der Waals surface area contributed by atoms with Crippen molar-refractivity contribution in [3.8, 4) is 0 Å². The van der Waals surface area contributed by atoms with Gasteiger partial charge < -0.3 is 37.4 Å². The lowest BCUT2D eigenvalue weighted by molar-refractivity contribution is -0.407. The van der Waals surface area contributed by atoms with Gasteiger partial charge in [0, 0.05) is 6.42 Å². The highest BCUT2D eigenvalue weighted by molar-refractivity contribution is 6.75. The molecule has 9 heteroatoms. The average Bonchev–Trinajstić information content (AvgIpc) is 3.01. The number of nitrogens with zero attached hydrogens (tertiary/aromatic N) is 1. The zero-order valence-electron chi connectivity index (χ0n) is 12.3. The van der Waals surface area contributed by atoms with Crippen molar-refractivity contribution in [3.05, 3.63) is 0 Å². The first-order chi connectivity index (χ1) is 10.1. The number of hydrogen-bond donors (Lipinski definition) is 4. The van der Waals surface area contributed by atoms with E-state index in [0.29, 0.717) is 13.0 Å². The topological polar surface area (TPSA) is 134 Å². The summed E-state index contributed by atoms with van der Waals surface area (Å²) in [7, 11) is 8.00. The van der Waals surface area contributed by atoms with Crippen molar-refractivity contribution in [1.29, 1.82) is 0 Å². The summed E-state index contributed by atoms with van der Waals surface area (Å²) in [6, 6.07) is -0.543. The zero-order chi connectivity index (χ0) is 16.3. The van der Waals surface area contributed by atoms with Crippen LogP contribution in [0.2, 0.25) is 0 Å². The number of carboxylic acid groups (broad SMARTS) is 1. The number of aliphatic imine (C=N–C) groups is 1. The van der Waals surface area contributed by atoms with Crippen LogP contribution in [0.3, 0.4) is 0 Å². The summed E-state index contributed by atoms with van der Waals surface area (Å²) in [4.78, 5) is 27.2. The van der Waals surface area contributed by atoms with Gasteiger partial charge in [0.05, 0.1) is 25.3 Å². The summed E-state index contributed by atoms with van der Waals surface area (Å²) < 4.78 is 0. The summed E-state index contributed by atoms with van der Waals surface area (Å²) in [6.07, 6.45) is 3.83. The highest BCUT2D eigenvalue weighted by atomic mass is 16.4. The molecule has 1 aliphatic rings. The van der Waals surface area contributed by atoms with E-state index >= 15 is 0 Å². The van der Waals surface area contributed by atoms with Crippen LogP contribution in [0.4, 0.5) is 0 Å². The van der Waals surface area contributed by atoms with Crippen molar-refractivity contribution in [1.82, 2.24) is 5.32 Å². The normalized spacial score (nSPS) is 19.1. The molecule has 0 fully saturated rings.